The molecule has 32 heavy (non-hydrogen) atoms. The molecule has 0 aliphatic rings. The third-order valence-electron chi connectivity index (χ3n) is 5.07. The minimum Gasteiger partial charge on any atom is -0.283 e. The topological polar surface area (TPSA) is 105 Å². The fourth-order valence-electron chi connectivity index (χ4n) is 3.37. The molecule has 0 unspecified atom stereocenters. The van der Waals surface area contributed by atoms with Crippen LogP contribution in [0.2, 0.25) is 0 Å². The molecule has 0 bridgehead atoms. The van der Waals surface area contributed by atoms with Crippen LogP contribution in [-0.2, 0) is 16.9 Å². The molecular formula is C21H22N6O3S2. The standard InChI is InChI=1S/C21H22N6O3S2/c1-16-19(20(28)27(25(16)2)17-10-5-3-6-11-17)26-21(22-23-24-26)31-14-9-15-32(29,30)18-12-7-4-8-13-18/h3-8,10-13H,9,14-15H2,1-2H3. The number of hydrogen-bond donors (Lipinski definition) is 0. The van der Waals surface area contributed by atoms with Gasteiger partial charge in [-0.2, -0.15) is 4.68 Å². The van der Waals surface area contributed by atoms with Crippen LogP contribution >= 0.6 is 11.8 Å². The van der Waals surface area contributed by atoms with Crippen molar-refractivity contribution in [3.05, 3.63) is 76.7 Å². The Kier molecular flexibility index (Phi) is 6.28. The summed E-state index contributed by atoms with van der Waals surface area (Å²) in [6, 6.07) is 17.7. The van der Waals surface area contributed by atoms with E-state index in [0.717, 1.165) is 5.69 Å². The van der Waals surface area contributed by atoms with Gasteiger partial charge < -0.3 is 0 Å². The minimum absolute atomic E-state index is 0.0246. The Labute approximate surface area is 189 Å². The maximum absolute atomic E-state index is 13.2. The fourth-order valence-corrected chi connectivity index (χ4v) is 5.70. The van der Waals surface area contributed by atoms with E-state index in [0.29, 0.717) is 33.6 Å². The summed E-state index contributed by atoms with van der Waals surface area (Å²) in [5.41, 5.74) is 1.57. The Hall–Kier alpha value is -3.18. The van der Waals surface area contributed by atoms with Gasteiger partial charge in [0, 0.05) is 12.8 Å². The highest BCUT2D eigenvalue weighted by Crippen LogP contribution is 2.21. The van der Waals surface area contributed by atoms with Crippen LogP contribution in [0.3, 0.4) is 0 Å². The van der Waals surface area contributed by atoms with Gasteiger partial charge in [-0.1, -0.05) is 48.2 Å². The van der Waals surface area contributed by atoms with Gasteiger partial charge in [-0.05, 0) is 48.0 Å². The van der Waals surface area contributed by atoms with Gasteiger partial charge in [0.05, 0.1) is 22.0 Å². The smallest absolute Gasteiger partial charge is 0.283 e. The van der Waals surface area contributed by atoms with Crippen LogP contribution in [0, 0.1) is 6.92 Å². The van der Waals surface area contributed by atoms with Crippen LogP contribution in [0.4, 0.5) is 0 Å². The number of rotatable bonds is 8. The largest absolute Gasteiger partial charge is 0.297 e. The molecule has 0 atom stereocenters. The molecule has 0 fully saturated rings. The average Bonchev–Trinajstić information content (AvgIpc) is 3.34. The highest BCUT2D eigenvalue weighted by Gasteiger charge is 2.22. The van der Waals surface area contributed by atoms with Crippen LogP contribution in [0.25, 0.3) is 11.4 Å². The number of aromatic nitrogens is 6. The highest BCUT2D eigenvalue weighted by molar-refractivity contribution is 7.99. The Balaban J connectivity index is 1.52. The first-order valence-corrected chi connectivity index (χ1v) is 12.6. The van der Waals surface area contributed by atoms with Crippen molar-refractivity contribution < 1.29 is 8.42 Å². The second kappa shape index (κ2) is 9.13. The molecule has 0 N–H and O–H groups in total. The first-order valence-electron chi connectivity index (χ1n) is 9.93. The van der Waals surface area contributed by atoms with Gasteiger partial charge in [0.15, 0.2) is 15.5 Å². The predicted molar refractivity (Wildman–Crippen MR) is 122 cm³/mol. The van der Waals surface area contributed by atoms with Gasteiger partial charge in [-0.15, -0.1) is 5.10 Å². The second-order valence-electron chi connectivity index (χ2n) is 7.12. The van der Waals surface area contributed by atoms with Crippen molar-refractivity contribution in [2.75, 3.05) is 11.5 Å². The SMILES string of the molecule is Cc1c(-n2nnnc2SCCCS(=O)(=O)c2ccccc2)c(=O)n(-c2ccccc2)n1C. The molecule has 2 aromatic carbocycles. The molecule has 2 heterocycles. The first kappa shape index (κ1) is 22.0. The van der Waals surface area contributed by atoms with E-state index in [-0.39, 0.29) is 11.3 Å². The van der Waals surface area contributed by atoms with Crippen molar-refractivity contribution >= 4 is 21.6 Å². The maximum atomic E-state index is 13.2. The Morgan fingerprint density at radius 2 is 1.66 bits per heavy atom. The number of nitrogens with zero attached hydrogens (tertiary/aromatic N) is 6. The molecule has 4 aromatic rings. The van der Waals surface area contributed by atoms with Crippen LogP contribution in [0.15, 0.2) is 75.5 Å². The minimum atomic E-state index is -3.34. The van der Waals surface area contributed by atoms with E-state index >= 15 is 0 Å². The number of sulfone groups is 1. The number of hydrogen-bond acceptors (Lipinski definition) is 7. The average molecular weight is 471 g/mol. The number of tetrazole rings is 1. The molecule has 2 aromatic heterocycles. The zero-order chi connectivity index (χ0) is 22.7. The van der Waals surface area contributed by atoms with Crippen LogP contribution < -0.4 is 5.56 Å². The molecule has 0 spiro atoms. The zero-order valence-corrected chi connectivity index (χ0v) is 19.3. The van der Waals surface area contributed by atoms with Gasteiger partial charge in [-0.3, -0.25) is 9.48 Å². The van der Waals surface area contributed by atoms with E-state index in [1.807, 2.05) is 37.3 Å². The summed E-state index contributed by atoms with van der Waals surface area (Å²) in [5.74, 6) is 0.516. The lowest BCUT2D eigenvalue weighted by molar-refractivity contribution is 0.595. The third kappa shape index (κ3) is 4.26. The number of benzene rings is 2. The summed E-state index contributed by atoms with van der Waals surface area (Å²) in [6.45, 7) is 1.83. The molecular weight excluding hydrogens is 448 g/mol. The van der Waals surface area contributed by atoms with E-state index < -0.39 is 9.84 Å². The lowest BCUT2D eigenvalue weighted by atomic mass is 10.3. The molecule has 0 saturated carbocycles. The van der Waals surface area contributed by atoms with Crippen molar-refractivity contribution in [3.63, 3.8) is 0 Å². The molecule has 166 valence electrons. The zero-order valence-electron chi connectivity index (χ0n) is 17.6. The summed E-state index contributed by atoms with van der Waals surface area (Å²) in [5, 5.41) is 12.2. The van der Waals surface area contributed by atoms with Crippen molar-refractivity contribution in [1.82, 2.24) is 29.6 Å². The summed E-state index contributed by atoms with van der Waals surface area (Å²) in [7, 11) is -1.53. The van der Waals surface area contributed by atoms with Crippen molar-refractivity contribution in [1.29, 1.82) is 0 Å². The molecule has 4 rings (SSSR count). The van der Waals surface area contributed by atoms with Crippen LogP contribution in [0.1, 0.15) is 12.1 Å². The van der Waals surface area contributed by atoms with E-state index in [4.69, 9.17) is 0 Å². The van der Waals surface area contributed by atoms with Crippen LogP contribution in [0.5, 0.6) is 0 Å². The first-order chi connectivity index (χ1) is 15.4. The molecule has 0 radical (unpaired) electrons. The summed E-state index contributed by atoms with van der Waals surface area (Å²) in [6.07, 6.45) is 0.427. The summed E-state index contributed by atoms with van der Waals surface area (Å²) >= 11 is 1.32. The fraction of sp³-hybridized carbons (Fsp3) is 0.238. The lowest BCUT2D eigenvalue weighted by Gasteiger charge is -2.07. The van der Waals surface area contributed by atoms with Gasteiger partial charge in [0.2, 0.25) is 5.16 Å². The summed E-state index contributed by atoms with van der Waals surface area (Å²) < 4.78 is 29.6. The van der Waals surface area contributed by atoms with E-state index in [1.165, 1.54) is 16.4 Å². The highest BCUT2D eigenvalue weighted by atomic mass is 32.2. The molecule has 0 saturated heterocycles. The molecule has 0 aliphatic carbocycles. The normalized spacial score (nSPS) is 11.7. The lowest BCUT2D eigenvalue weighted by Crippen LogP contribution is -2.22. The van der Waals surface area contributed by atoms with Crippen molar-refractivity contribution in [3.8, 4) is 11.4 Å². The summed E-state index contributed by atoms with van der Waals surface area (Å²) in [4.78, 5) is 13.5. The van der Waals surface area contributed by atoms with E-state index in [1.54, 1.807) is 46.7 Å². The second-order valence-corrected chi connectivity index (χ2v) is 10.3. The van der Waals surface area contributed by atoms with Crippen molar-refractivity contribution in [2.45, 2.75) is 23.4 Å². The maximum Gasteiger partial charge on any atom is 0.297 e. The number of thioether (sulfide) groups is 1. The van der Waals surface area contributed by atoms with Gasteiger partial charge >= 0.3 is 0 Å². The van der Waals surface area contributed by atoms with Crippen molar-refractivity contribution in [2.24, 2.45) is 7.05 Å². The molecule has 0 aliphatic heterocycles. The van der Waals surface area contributed by atoms with Crippen LogP contribution in [-0.4, -0.2) is 49.5 Å². The predicted octanol–water partition coefficient (Wildman–Crippen LogP) is 2.42. The third-order valence-corrected chi connectivity index (χ3v) is 7.89. The number of para-hydroxylation sites is 1. The quantitative estimate of drug-likeness (QED) is 0.288. The van der Waals surface area contributed by atoms with E-state index in [2.05, 4.69) is 15.5 Å². The van der Waals surface area contributed by atoms with Gasteiger partial charge in [-0.25, -0.2) is 13.1 Å². The Bertz CT molecular complexity index is 1380. The monoisotopic (exact) mass is 470 g/mol. The Morgan fingerprint density at radius 1 is 1.00 bits per heavy atom. The van der Waals surface area contributed by atoms with Gasteiger partial charge in [0.1, 0.15) is 0 Å². The Morgan fingerprint density at radius 3 is 2.34 bits per heavy atom. The molecule has 11 heteroatoms. The van der Waals surface area contributed by atoms with Gasteiger partial charge in [0.25, 0.3) is 5.56 Å². The van der Waals surface area contributed by atoms with E-state index in [9.17, 15) is 13.2 Å². The molecule has 9 nitrogen and oxygen atoms in total. The molecule has 0 amide bonds.